The molecule has 0 unspecified atom stereocenters. The van der Waals surface area contributed by atoms with Gasteiger partial charge in [0.1, 0.15) is 0 Å². The number of hydrogen-bond donors (Lipinski definition) is 2. The Labute approximate surface area is 167 Å². The molecule has 2 amide bonds. The van der Waals surface area contributed by atoms with Crippen molar-refractivity contribution in [1.82, 2.24) is 15.1 Å². The first-order valence-corrected chi connectivity index (χ1v) is 10.1. The van der Waals surface area contributed by atoms with Gasteiger partial charge < -0.3 is 20.4 Å². The van der Waals surface area contributed by atoms with Crippen molar-refractivity contribution in [2.24, 2.45) is 0 Å². The maximum Gasteiger partial charge on any atom is 0.254 e. The van der Waals surface area contributed by atoms with E-state index in [0.29, 0.717) is 17.7 Å². The van der Waals surface area contributed by atoms with Crippen molar-refractivity contribution in [3.8, 4) is 0 Å². The summed E-state index contributed by atoms with van der Waals surface area (Å²) in [5, 5.41) is 5.97. The first-order valence-electron chi connectivity index (χ1n) is 9.68. The number of benzene rings is 1. The van der Waals surface area contributed by atoms with Gasteiger partial charge in [-0.1, -0.05) is 32.3 Å². The van der Waals surface area contributed by atoms with Crippen LogP contribution in [-0.4, -0.2) is 60.0 Å². The molecule has 1 aromatic rings. The lowest BCUT2D eigenvalue weighted by molar-refractivity contribution is -0.119. The fraction of sp³-hybridized carbons (Fsp3) is 0.550. The largest absolute Gasteiger partial charge is 0.336 e. The zero-order valence-corrected chi connectivity index (χ0v) is 17.1. The monoisotopic (exact) mass is 390 g/mol. The number of anilines is 1. The number of hydrogen-bond acceptors (Lipinski definition) is 4. The van der Waals surface area contributed by atoms with Gasteiger partial charge in [-0.25, -0.2) is 0 Å². The predicted molar refractivity (Wildman–Crippen MR) is 113 cm³/mol. The summed E-state index contributed by atoms with van der Waals surface area (Å²) in [5.41, 5.74) is 1.32. The van der Waals surface area contributed by atoms with Gasteiger partial charge in [-0.15, -0.1) is 0 Å². The van der Waals surface area contributed by atoms with Crippen molar-refractivity contribution in [3.05, 3.63) is 29.8 Å². The lowest BCUT2D eigenvalue weighted by atomic mass is 10.1. The molecule has 7 heteroatoms. The third kappa shape index (κ3) is 7.27. The SMILES string of the molecule is CCCCCCC(=O)NC(=S)Nc1cccc(C(=O)N2CCN(C)CC2)c1. The Morgan fingerprint density at radius 1 is 1.11 bits per heavy atom. The van der Waals surface area contributed by atoms with Gasteiger partial charge in [0.25, 0.3) is 5.91 Å². The van der Waals surface area contributed by atoms with Crippen molar-refractivity contribution in [2.75, 3.05) is 38.5 Å². The van der Waals surface area contributed by atoms with E-state index in [0.717, 1.165) is 51.9 Å². The molecule has 1 aliphatic rings. The topological polar surface area (TPSA) is 64.7 Å². The van der Waals surface area contributed by atoms with Crippen LogP contribution in [0.2, 0.25) is 0 Å². The maximum atomic E-state index is 12.7. The van der Waals surface area contributed by atoms with Crippen LogP contribution in [0.3, 0.4) is 0 Å². The summed E-state index contributed by atoms with van der Waals surface area (Å²) in [4.78, 5) is 28.7. The quantitative estimate of drug-likeness (QED) is 0.554. The third-order valence-electron chi connectivity index (χ3n) is 4.67. The van der Waals surface area contributed by atoms with Crippen molar-refractivity contribution in [1.29, 1.82) is 0 Å². The third-order valence-corrected chi connectivity index (χ3v) is 4.87. The zero-order chi connectivity index (χ0) is 19.6. The molecule has 27 heavy (non-hydrogen) atoms. The number of carbonyl (C=O) groups is 2. The number of piperazine rings is 1. The van der Waals surface area contributed by atoms with Crippen LogP contribution in [0.4, 0.5) is 5.69 Å². The van der Waals surface area contributed by atoms with Gasteiger partial charge in [-0.05, 0) is 43.9 Å². The number of nitrogens with zero attached hydrogens (tertiary/aromatic N) is 2. The molecule has 1 fully saturated rings. The van der Waals surface area contributed by atoms with E-state index in [1.54, 1.807) is 12.1 Å². The number of carbonyl (C=O) groups excluding carboxylic acids is 2. The summed E-state index contributed by atoms with van der Waals surface area (Å²) in [6.07, 6.45) is 4.69. The molecular weight excluding hydrogens is 360 g/mol. The lowest BCUT2D eigenvalue weighted by Crippen LogP contribution is -2.47. The molecule has 0 saturated carbocycles. The Hall–Kier alpha value is -1.99. The Balaban J connectivity index is 1.84. The first-order chi connectivity index (χ1) is 13.0. The second kappa shape index (κ2) is 11.0. The zero-order valence-electron chi connectivity index (χ0n) is 16.3. The van der Waals surface area contributed by atoms with Crippen LogP contribution in [0.5, 0.6) is 0 Å². The number of unbranched alkanes of at least 4 members (excludes halogenated alkanes) is 3. The summed E-state index contributed by atoms with van der Waals surface area (Å²) in [6, 6.07) is 7.24. The lowest BCUT2D eigenvalue weighted by Gasteiger charge is -2.32. The number of thiocarbonyl (C=S) groups is 1. The highest BCUT2D eigenvalue weighted by Crippen LogP contribution is 2.14. The minimum absolute atomic E-state index is 0.0256. The summed E-state index contributed by atoms with van der Waals surface area (Å²) in [7, 11) is 2.06. The van der Waals surface area contributed by atoms with E-state index >= 15 is 0 Å². The average Bonchev–Trinajstić information content (AvgIpc) is 2.65. The molecular formula is C20H30N4O2S. The molecule has 0 aromatic heterocycles. The second-order valence-corrected chi connectivity index (χ2v) is 7.40. The van der Waals surface area contributed by atoms with Crippen LogP contribution in [0.25, 0.3) is 0 Å². The molecule has 0 spiro atoms. The highest BCUT2D eigenvalue weighted by Gasteiger charge is 2.20. The van der Waals surface area contributed by atoms with Gasteiger partial charge in [-0.3, -0.25) is 9.59 Å². The molecule has 0 aliphatic carbocycles. The van der Waals surface area contributed by atoms with Crippen LogP contribution in [0, 0.1) is 0 Å². The molecule has 2 rings (SSSR count). The van der Waals surface area contributed by atoms with Gasteiger partial charge in [0.2, 0.25) is 5.91 Å². The molecule has 148 valence electrons. The maximum absolute atomic E-state index is 12.7. The Bertz CT molecular complexity index is 657. The van der Waals surface area contributed by atoms with E-state index in [4.69, 9.17) is 12.2 Å². The van der Waals surface area contributed by atoms with Gasteiger partial charge in [-0.2, -0.15) is 0 Å². The van der Waals surface area contributed by atoms with E-state index in [9.17, 15) is 9.59 Å². The van der Waals surface area contributed by atoms with Crippen molar-refractivity contribution < 1.29 is 9.59 Å². The van der Waals surface area contributed by atoms with Crippen LogP contribution in [-0.2, 0) is 4.79 Å². The molecule has 1 aromatic carbocycles. The number of likely N-dealkylation sites (N-methyl/N-ethyl adjacent to an activating group) is 1. The second-order valence-electron chi connectivity index (χ2n) is 6.99. The number of amides is 2. The summed E-state index contributed by atoms with van der Waals surface area (Å²) < 4.78 is 0. The molecule has 0 radical (unpaired) electrons. The van der Waals surface area contributed by atoms with Crippen LogP contribution < -0.4 is 10.6 Å². The van der Waals surface area contributed by atoms with E-state index in [-0.39, 0.29) is 16.9 Å². The summed E-state index contributed by atoms with van der Waals surface area (Å²) in [6.45, 7) is 5.39. The molecule has 0 bridgehead atoms. The Morgan fingerprint density at radius 3 is 2.56 bits per heavy atom. The highest BCUT2D eigenvalue weighted by molar-refractivity contribution is 7.80. The van der Waals surface area contributed by atoms with E-state index < -0.39 is 0 Å². The molecule has 1 aliphatic heterocycles. The molecule has 2 N–H and O–H groups in total. The van der Waals surface area contributed by atoms with Gasteiger partial charge >= 0.3 is 0 Å². The van der Waals surface area contributed by atoms with E-state index in [1.165, 1.54) is 0 Å². The standard InChI is InChI=1S/C20H30N4O2S/c1-3-4-5-6-10-18(25)22-20(27)21-17-9-7-8-16(15-17)19(26)24-13-11-23(2)12-14-24/h7-9,15H,3-6,10-14H2,1-2H3,(H2,21,22,25,27). The van der Waals surface area contributed by atoms with Crippen LogP contribution >= 0.6 is 12.2 Å². The number of rotatable bonds is 7. The van der Waals surface area contributed by atoms with Crippen molar-refractivity contribution >= 4 is 34.8 Å². The van der Waals surface area contributed by atoms with Crippen molar-refractivity contribution in [3.63, 3.8) is 0 Å². The van der Waals surface area contributed by atoms with Gasteiger partial charge in [0.15, 0.2) is 5.11 Å². The molecule has 1 saturated heterocycles. The van der Waals surface area contributed by atoms with Gasteiger partial charge in [0, 0.05) is 43.9 Å². The fourth-order valence-corrected chi connectivity index (χ4v) is 3.22. The molecule has 0 atom stereocenters. The molecule has 6 nitrogen and oxygen atoms in total. The molecule has 1 heterocycles. The van der Waals surface area contributed by atoms with Crippen molar-refractivity contribution in [2.45, 2.75) is 39.0 Å². The number of nitrogens with one attached hydrogen (secondary N) is 2. The van der Waals surface area contributed by atoms with Crippen LogP contribution in [0.1, 0.15) is 49.4 Å². The van der Waals surface area contributed by atoms with E-state index in [1.807, 2.05) is 17.0 Å². The highest BCUT2D eigenvalue weighted by atomic mass is 32.1. The normalized spacial score (nSPS) is 14.7. The van der Waals surface area contributed by atoms with Gasteiger partial charge in [0.05, 0.1) is 0 Å². The summed E-state index contributed by atoms with van der Waals surface area (Å²) >= 11 is 5.22. The minimum atomic E-state index is -0.0757. The predicted octanol–water partition coefficient (Wildman–Crippen LogP) is 2.86. The average molecular weight is 391 g/mol. The fourth-order valence-electron chi connectivity index (χ4n) is 2.99. The minimum Gasteiger partial charge on any atom is -0.336 e. The first kappa shape index (κ1) is 21.3. The van der Waals surface area contributed by atoms with Crippen LogP contribution in [0.15, 0.2) is 24.3 Å². The smallest absolute Gasteiger partial charge is 0.254 e. The van der Waals surface area contributed by atoms with E-state index in [2.05, 4.69) is 29.5 Å². The Kier molecular flexibility index (Phi) is 8.67. The Morgan fingerprint density at radius 2 is 1.85 bits per heavy atom. The summed E-state index contributed by atoms with van der Waals surface area (Å²) in [5.74, 6) is -0.0501.